The van der Waals surface area contributed by atoms with Crippen molar-refractivity contribution in [2.75, 3.05) is 31.2 Å². The number of nitrogens with zero attached hydrogens (tertiary/aromatic N) is 2. The molecule has 0 unspecified atom stereocenters. The van der Waals surface area contributed by atoms with Gasteiger partial charge in [0.05, 0.1) is 13.2 Å². The van der Waals surface area contributed by atoms with E-state index >= 15 is 0 Å². The molecule has 4 nitrogen and oxygen atoms in total. The molecule has 1 saturated heterocycles. The van der Waals surface area contributed by atoms with Gasteiger partial charge in [-0.2, -0.15) is 5.10 Å². The average Bonchev–Trinajstić information content (AvgIpc) is 2.67. The van der Waals surface area contributed by atoms with Crippen LogP contribution in [0.25, 0.3) is 0 Å². The number of hydrogen-bond acceptors (Lipinski definition) is 3. The average molecular weight is 181 g/mol. The molecule has 0 amide bonds. The summed E-state index contributed by atoms with van der Waals surface area (Å²) in [6.07, 6.45) is 1.01. The van der Waals surface area contributed by atoms with Crippen LogP contribution >= 0.6 is 0 Å². The highest BCUT2D eigenvalue weighted by atomic mass is 16.5. The van der Waals surface area contributed by atoms with Crippen molar-refractivity contribution in [2.24, 2.45) is 0 Å². The second-order valence-corrected chi connectivity index (χ2v) is 3.20. The molecule has 1 fully saturated rings. The molecule has 0 spiro atoms. The molecule has 13 heavy (non-hydrogen) atoms. The smallest absolute Gasteiger partial charge is 0.150 e. The van der Waals surface area contributed by atoms with E-state index in [0.29, 0.717) is 0 Å². The van der Waals surface area contributed by atoms with Gasteiger partial charge in [0.25, 0.3) is 0 Å². The van der Waals surface area contributed by atoms with Crippen LogP contribution < -0.4 is 4.90 Å². The van der Waals surface area contributed by atoms with Crippen LogP contribution in [0.4, 0.5) is 5.82 Å². The highest BCUT2D eigenvalue weighted by molar-refractivity contribution is 5.39. The fourth-order valence-electron chi connectivity index (χ4n) is 1.49. The number of morpholine rings is 1. The molecule has 1 aromatic heterocycles. The lowest BCUT2D eigenvalue weighted by Crippen LogP contribution is -2.36. The molecular weight excluding hydrogens is 166 g/mol. The molecule has 0 atom stereocenters. The lowest BCUT2D eigenvalue weighted by Gasteiger charge is -2.26. The number of hydrogen-bond donors (Lipinski definition) is 1. The van der Waals surface area contributed by atoms with Gasteiger partial charge >= 0.3 is 0 Å². The van der Waals surface area contributed by atoms with Crippen LogP contribution in [0.2, 0.25) is 0 Å². The Morgan fingerprint density at radius 1 is 1.54 bits per heavy atom. The quantitative estimate of drug-likeness (QED) is 0.734. The molecule has 1 aliphatic rings. The first-order chi connectivity index (χ1) is 6.40. The lowest BCUT2D eigenvalue weighted by molar-refractivity contribution is 0.122. The van der Waals surface area contributed by atoms with Gasteiger partial charge < -0.3 is 9.64 Å². The van der Waals surface area contributed by atoms with Crippen molar-refractivity contribution in [1.82, 2.24) is 10.2 Å². The van der Waals surface area contributed by atoms with Gasteiger partial charge in [-0.05, 0) is 6.42 Å². The molecule has 72 valence electrons. The van der Waals surface area contributed by atoms with Gasteiger partial charge in [0.15, 0.2) is 5.82 Å². The molecule has 0 radical (unpaired) electrons. The van der Waals surface area contributed by atoms with Crippen molar-refractivity contribution in [1.29, 1.82) is 0 Å². The molecular formula is C9H15N3O. The maximum atomic E-state index is 5.27. The summed E-state index contributed by atoms with van der Waals surface area (Å²) in [6, 6.07) is 2.12. The zero-order chi connectivity index (χ0) is 9.10. The molecule has 0 saturated carbocycles. The normalized spacial score (nSPS) is 17.8. The van der Waals surface area contributed by atoms with Crippen LogP contribution in [0.5, 0.6) is 0 Å². The number of rotatable bonds is 2. The zero-order valence-corrected chi connectivity index (χ0v) is 7.92. The fourth-order valence-corrected chi connectivity index (χ4v) is 1.49. The second-order valence-electron chi connectivity index (χ2n) is 3.20. The van der Waals surface area contributed by atoms with E-state index < -0.39 is 0 Å². The van der Waals surface area contributed by atoms with Crippen molar-refractivity contribution in [3.63, 3.8) is 0 Å². The number of ether oxygens (including phenoxy) is 1. The predicted octanol–water partition coefficient (Wildman–Crippen LogP) is 0.809. The summed E-state index contributed by atoms with van der Waals surface area (Å²) >= 11 is 0. The monoisotopic (exact) mass is 181 g/mol. The van der Waals surface area contributed by atoms with Crippen molar-refractivity contribution in [3.05, 3.63) is 11.8 Å². The fraction of sp³-hybridized carbons (Fsp3) is 0.667. The summed E-state index contributed by atoms with van der Waals surface area (Å²) in [6.45, 7) is 5.65. The Bertz CT molecular complexity index is 266. The van der Waals surface area contributed by atoms with Gasteiger partial charge in [-0.3, -0.25) is 5.10 Å². The minimum absolute atomic E-state index is 0.814. The molecule has 4 heteroatoms. The molecule has 1 aromatic rings. The summed E-state index contributed by atoms with van der Waals surface area (Å²) < 4.78 is 5.27. The van der Waals surface area contributed by atoms with Gasteiger partial charge in [0.2, 0.25) is 0 Å². The Hall–Kier alpha value is -1.03. The van der Waals surface area contributed by atoms with Crippen LogP contribution in [-0.2, 0) is 11.2 Å². The van der Waals surface area contributed by atoms with E-state index in [1.165, 1.54) is 5.69 Å². The third kappa shape index (κ3) is 1.83. The highest BCUT2D eigenvalue weighted by Gasteiger charge is 2.13. The minimum atomic E-state index is 0.814. The Labute approximate surface area is 77.9 Å². The SMILES string of the molecule is CCc1cc(N2CCOCC2)n[nH]1. The largest absolute Gasteiger partial charge is 0.378 e. The predicted molar refractivity (Wildman–Crippen MR) is 51.0 cm³/mol. The van der Waals surface area contributed by atoms with Crippen LogP contribution in [0, 0.1) is 0 Å². The van der Waals surface area contributed by atoms with Crippen molar-refractivity contribution in [2.45, 2.75) is 13.3 Å². The standard InChI is InChI=1S/C9H15N3O/c1-2-8-7-9(11-10-8)12-3-5-13-6-4-12/h7H,2-6H2,1H3,(H,10,11). The maximum Gasteiger partial charge on any atom is 0.150 e. The van der Waals surface area contributed by atoms with Crippen LogP contribution in [-0.4, -0.2) is 36.5 Å². The Morgan fingerprint density at radius 3 is 2.92 bits per heavy atom. The number of aromatic amines is 1. The number of nitrogens with one attached hydrogen (secondary N) is 1. The molecule has 0 aliphatic carbocycles. The van der Waals surface area contributed by atoms with E-state index in [1.54, 1.807) is 0 Å². The number of aryl methyl sites for hydroxylation is 1. The number of aromatic nitrogens is 2. The van der Waals surface area contributed by atoms with Crippen molar-refractivity contribution in [3.8, 4) is 0 Å². The van der Waals surface area contributed by atoms with Crippen molar-refractivity contribution < 1.29 is 4.74 Å². The molecule has 0 bridgehead atoms. The van der Waals surface area contributed by atoms with Gasteiger partial charge in [-0.25, -0.2) is 0 Å². The van der Waals surface area contributed by atoms with Crippen molar-refractivity contribution >= 4 is 5.82 Å². The second kappa shape index (κ2) is 3.79. The molecule has 1 N–H and O–H groups in total. The van der Waals surface area contributed by atoms with Gasteiger partial charge in [0, 0.05) is 24.8 Å². The van der Waals surface area contributed by atoms with E-state index in [1.807, 2.05) is 0 Å². The number of H-pyrrole nitrogens is 1. The molecule has 2 rings (SSSR count). The summed E-state index contributed by atoms with van der Waals surface area (Å²) in [5.74, 6) is 1.06. The third-order valence-corrected chi connectivity index (χ3v) is 2.33. The zero-order valence-electron chi connectivity index (χ0n) is 7.92. The van der Waals surface area contributed by atoms with E-state index in [-0.39, 0.29) is 0 Å². The summed E-state index contributed by atoms with van der Waals surface area (Å²) in [7, 11) is 0. The van der Waals surface area contributed by atoms with Crippen LogP contribution in [0.3, 0.4) is 0 Å². The molecule has 2 heterocycles. The summed E-state index contributed by atoms with van der Waals surface area (Å²) in [4.78, 5) is 2.25. The Morgan fingerprint density at radius 2 is 2.31 bits per heavy atom. The first-order valence-electron chi connectivity index (χ1n) is 4.77. The highest BCUT2D eigenvalue weighted by Crippen LogP contribution is 2.13. The molecule has 1 aliphatic heterocycles. The topological polar surface area (TPSA) is 41.1 Å². The first kappa shape index (κ1) is 8.56. The Kier molecular flexibility index (Phi) is 2.49. The van der Waals surface area contributed by atoms with Crippen LogP contribution in [0.15, 0.2) is 6.07 Å². The maximum absolute atomic E-state index is 5.27. The van der Waals surface area contributed by atoms with E-state index in [4.69, 9.17) is 4.74 Å². The lowest BCUT2D eigenvalue weighted by atomic mass is 10.3. The summed E-state index contributed by atoms with van der Waals surface area (Å²) in [5.41, 5.74) is 1.20. The van der Waals surface area contributed by atoms with Crippen LogP contribution in [0.1, 0.15) is 12.6 Å². The van der Waals surface area contributed by atoms with Gasteiger partial charge in [-0.15, -0.1) is 0 Å². The third-order valence-electron chi connectivity index (χ3n) is 2.33. The van der Waals surface area contributed by atoms with Gasteiger partial charge in [0.1, 0.15) is 0 Å². The Balaban J connectivity index is 2.05. The van der Waals surface area contributed by atoms with E-state index in [9.17, 15) is 0 Å². The first-order valence-corrected chi connectivity index (χ1v) is 4.77. The summed E-state index contributed by atoms with van der Waals surface area (Å²) in [5, 5.41) is 7.28. The molecule has 0 aromatic carbocycles. The minimum Gasteiger partial charge on any atom is -0.378 e. The van der Waals surface area contributed by atoms with E-state index in [2.05, 4.69) is 28.1 Å². The van der Waals surface area contributed by atoms with Gasteiger partial charge in [-0.1, -0.05) is 6.92 Å². The number of anilines is 1. The van der Waals surface area contributed by atoms with E-state index in [0.717, 1.165) is 38.5 Å².